The monoisotopic (exact) mass is 145 g/mol. The molecule has 1 nitrogen and oxygen atoms in total. The van der Waals surface area contributed by atoms with E-state index < -0.39 is 0 Å². The van der Waals surface area contributed by atoms with E-state index in [1.54, 1.807) is 0 Å². The van der Waals surface area contributed by atoms with Gasteiger partial charge in [-0.3, -0.25) is 0 Å². The molecule has 0 aliphatic rings. The summed E-state index contributed by atoms with van der Waals surface area (Å²) in [6.45, 7) is 3.33. The molecule has 0 radical (unpaired) electrons. The molecule has 0 unspecified atom stereocenters. The Bertz CT molecular complexity index is 152. The highest BCUT2D eigenvalue weighted by Crippen LogP contribution is 2.12. The summed E-state index contributed by atoms with van der Waals surface area (Å²) in [5, 5.41) is 9.93. The van der Waals surface area contributed by atoms with Crippen LogP contribution in [0.4, 0.5) is 0 Å². The van der Waals surface area contributed by atoms with Crippen molar-refractivity contribution in [3.8, 4) is 5.40 Å². The van der Waals surface area contributed by atoms with Crippen molar-refractivity contribution in [1.29, 1.82) is 5.26 Å². The Morgan fingerprint density at radius 1 is 1.88 bits per heavy atom. The van der Waals surface area contributed by atoms with Crippen LogP contribution < -0.4 is 0 Å². The molecule has 0 amide bonds. The smallest absolute Gasteiger partial charge is 0.138 e. The van der Waals surface area contributed by atoms with E-state index in [1.807, 2.05) is 5.40 Å². The first-order valence-corrected chi connectivity index (χ1v) is 3.21. The summed E-state index contributed by atoms with van der Waals surface area (Å²) < 4.78 is 0. The number of rotatable bonds is 2. The summed E-state index contributed by atoms with van der Waals surface area (Å²) in [5.74, 6) is 0.321. The molecule has 8 heavy (non-hydrogen) atoms. The van der Waals surface area contributed by atoms with Crippen LogP contribution in [0, 0.1) is 10.7 Å². The van der Waals surface area contributed by atoms with Crippen molar-refractivity contribution in [2.75, 3.05) is 5.88 Å². The summed E-state index contributed by atoms with van der Waals surface area (Å²) in [7, 11) is 0. The van der Waals surface area contributed by atoms with Gasteiger partial charge in [0.2, 0.25) is 0 Å². The molecule has 0 aromatic rings. The number of thioether (sulfide) groups is 1. The van der Waals surface area contributed by atoms with Crippen molar-refractivity contribution >= 4 is 23.4 Å². The first kappa shape index (κ1) is 7.65. The third kappa shape index (κ3) is 2.76. The molecule has 0 saturated heterocycles. The molecule has 0 atom stereocenters. The molecular formula is C5H4ClNS. The van der Waals surface area contributed by atoms with E-state index in [9.17, 15) is 0 Å². The first-order valence-electron chi connectivity index (χ1n) is 1.86. The molecule has 0 aromatic heterocycles. The van der Waals surface area contributed by atoms with Crippen molar-refractivity contribution in [1.82, 2.24) is 0 Å². The molecule has 42 valence electrons. The minimum absolute atomic E-state index is 0.321. The normalized spacial score (nSPS) is 7.00. The molecule has 0 heterocycles. The van der Waals surface area contributed by atoms with E-state index >= 15 is 0 Å². The van der Waals surface area contributed by atoms with Crippen LogP contribution in [0.5, 0.6) is 0 Å². The lowest BCUT2D eigenvalue weighted by Gasteiger charge is -1.84. The summed E-state index contributed by atoms with van der Waals surface area (Å²) in [6.07, 6.45) is 0. The zero-order valence-corrected chi connectivity index (χ0v) is 5.72. The molecule has 0 saturated carbocycles. The van der Waals surface area contributed by atoms with Gasteiger partial charge in [-0.1, -0.05) is 6.58 Å². The van der Waals surface area contributed by atoms with Gasteiger partial charge in [0.05, 0.1) is 10.8 Å². The van der Waals surface area contributed by atoms with Crippen LogP contribution in [-0.4, -0.2) is 5.88 Å². The SMILES string of the molecule is C=C=C(CCl)SC#N. The van der Waals surface area contributed by atoms with Crippen molar-refractivity contribution in [3.05, 3.63) is 17.2 Å². The zero-order chi connectivity index (χ0) is 6.41. The predicted molar refractivity (Wildman–Crippen MR) is 36.6 cm³/mol. The number of hydrogen-bond acceptors (Lipinski definition) is 2. The Hall–Kier alpha value is -0.350. The fourth-order valence-corrected chi connectivity index (χ4v) is 0.661. The number of nitriles is 1. The van der Waals surface area contributed by atoms with Crippen LogP contribution in [0.15, 0.2) is 17.2 Å². The van der Waals surface area contributed by atoms with Gasteiger partial charge in [-0.05, 0) is 11.8 Å². The summed E-state index contributed by atoms with van der Waals surface area (Å²) in [4.78, 5) is 0.675. The van der Waals surface area contributed by atoms with Gasteiger partial charge < -0.3 is 0 Å². The molecule has 0 rings (SSSR count). The number of alkyl halides is 1. The second kappa shape index (κ2) is 4.80. The Balaban J connectivity index is 3.78. The van der Waals surface area contributed by atoms with Gasteiger partial charge in [-0.2, -0.15) is 5.26 Å². The van der Waals surface area contributed by atoms with Gasteiger partial charge >= 0.3 is 0 Å². The molecule has 0 fully saturated rings. The maximum absolute atomic E-state index is 8.06. The largest absolute Gasteiger partial charge is 0.185 e. The lowest BCUT2D eigenvalue weighted by atomic mass is 10.7. The Morgan fingerprint density at radius 2 is 2.50 bits per heavy atom. The third-order valence-corrected chi connectivity index (χ3v) is 1.54. The molecule has 0 aliphatic carbocycles. The van der Waals surface area contributed by atoms with Gasteiger partial charge in [0.1, 0.15) is 5.40 Å². The molecule has 0 bridgehead atoms. The fourth-order valence-electron chi connectivity index (χ4n) is 0.166. The summed E-state index contributed by atoms with van der Waals surface area (Å²) in [6, 6.07) is 0. The molecule has 0 aromatic carbocycles. The van der Waals surface area contributed by atoms with Crippen LogP contribution in [0.1, 0.15) is 0 Å². The average molecular weight is 146 g/mol. The van der Waals surface area contributed by atoms with Crippen LogP contribution >= 0.6 is 23.4 Å². The van der Waals surface area contributed by atoms with Crippen molar-refractivity contribution < 1.29 is 0 Å². The fraction of sp³-hybridized carbons (Fsp3) is 0.200. The molecule has 0 spiro atoms. The number of halogens is 1. The van der Waals surface area contributed by atoms with Crippen molar-refractivity contribution in [2.24, 2.45) is 0 Å². The van der Waals surface area contributed by atoms with E-state index in [1.165, 1.54) is 0 Å². The van der Waals surface area contributed by atoms with E-state index in [4.69, 9.17) is 16.9 Å². The van der Waals surface area contributed by atoms with Crippen LogP contribution in [0.3, 0.4) is 0 Å². The van der Waals surface area contributed by atoms with Gasteiger partial charge in [-0.25, -0.2) is 0 Å². The zero-order valence-electron chi connectivity index (χ0n) is 4.15. The maximum Gasteiger partial charge on any atom is 0.138 e. The lowest BCUT2D eigenvalue weighted by molar-refractivity contribution is 1.57. The minimum atomic E-state index is 0.321. The highest BCUT2D eigenvalue weighted by molar-refractivity contribution is 8.07. The lowest BCUT2D eigenvalue weighted by Crippen LogP contribution is -1.69. The van der Waals surface area contributed by atoms with Crippen molar-refractivity contribution in [2.45, 2.75) is 0 Å². The first-order chi connectivity index (χ1) is 3.85. The van der Waals surface area contributed by atoms with Gasteiger partial charge in [0.15, 0.2) is 0 Å². The van der Waals surface area contributed by atoms with Crippen molar-refractivity contribution in [3.63, 3.8) is 0 Å². The standard InChI is InChI=1S/C5H4ClNS/c1-2-5(3-6)8-4-7/h1,3H2. The van der Waals surface area contributed by atoms with Crippen LogP contribution in [0.25, 0.3) is 0 Å². The minimum Gasteiger partial charge on any atom is -0.185 e. The maximum atomic E-state index is 8.06. The van der Waals surface area contributed by atoms with E-state index in [2.05, 4.69) is 12.3 Å². The van der Waals surface area contributed by atoms with Crippen LogP contribution in [-0.2, 0) is 0 Å². The Kier molecular flexibility index (Phi) is 4.59. The second-order valence-electron chi connectivity index (χ2n) is 0.927. The third-order valence-electron chi connectivity index (χ3n) is 0.487. The molecule has 0 N–H and O–H groups in total. The second-order valence-corrected chi connectivity index (χ2v) is 2.07. The number of nitrogens with zero attached hydrogens (tertiary/aromatic N) is 1. The Morgan fingerprint density at radius 3 is 2.62 bits per heavy atom. The summed E-state index contributed by atoms with van der Waals surface area (Å²) >= 11 is 6.33. The predicted octanol–water partition coefficient (Wildman–Crippen LogP) is 2.11. The van der Waals surface area contributed by atoms with Gasteiger partial charge in [0.25, 0.3) is 0 Å². The van der Waals surface area contributed by atoms with E-state index in [0.717, 1.165) is 11.8 Å². The number of allylic oxidation sites excluding steroid dienone is 1. The Labute approximate surface area is 57.6 Å². The molecular weight excluding hydrogens is 142 g/mol. The van der Waals surface area contributed by atoms with Crippen LogP contribution in [0.2, 0.25) is 0 Å². The highest BCUT2D eigenvalue weighted by atomic mass is 35.5. The number of hydrogen-bond donors (Lipinski definition) is 0. The van der Waals surface area contributed by atoms with Gasteiger partial charge in [0, 0.05) is 0 Å². The van der Waals surface area contributed by atoms with E-state index in [-0.39, 0.29) is 0 Å². The topological polar surface area (TPSA) is 23.8 Å². The van der Waals surface area contributed by atoms with Gasteiger partial charge in [-0.15, -0.1) is 17.3 Å². The molecule has 0 aliphatic heterocycles. The van der Waals surface area contributed by atoms with E-state index in [0.29, 0.717) is 10.8 Å². The summed E-state index contributed by atoms with van der Waals surface area (Å²) in [5.41, 5.74) is 2.53. The molecule has 3 heteroatoms. The average Bonchev–Trinajstić information content (AvgIpc) is 1.83. The number of thiocyanates is 1. The highest BCUT2D eigenvalue weighted by Gasteiger charge is 1.89. The quantitative estimate of drug-likeness (QED) is 0.338.